The van der Waals surface area contributed by atoms with E-state index in [-0.39, 0.29) is 11.7 Å². The van der Waals surface area contributed by atoms with Crippen molar-refractivity contribution < 1.29 is 9.18 Å². The van der Waals surface area contributed by atoms with E-state index in [0.29, 0.717) is 13.0 Å². The molecule has 0 unspecified atom stereocenters. The molecular weight excluding hydrogens is 353 g/mol. The van der Waals surface area contributed by atoms with Crippen LogP contribution in [0, 0.1) is 5.82 Å². The van der Waals surface area contributed by atoms with Crippen molar-refractivity contribution in [1.82, 2.24) is 15.1 Å². The number of rotatable bonds is 9. The Bertz CT molecular complexity index is 892. The fraction of sp³-hybridized carbons (Fsp3) is 0.304. The highest BCUT2D eigenvalue weighted by Crippen LogP contribution is 2.19. The molecule has 0 aliphatic heterocycles. The molecule has 0 spiro atoms. The quantitative estimate of drug-likeness (QED) is 0.589. The Labute approximate surface area is 165 Å². The highest BCUT2D eigenvalue weighted by molar-refractivity contribution is 5.75. The molecule has 1 amide bonds. The van der Waals surface area contributed by atoms with Gasteiger partial charge in [0.05, 0.1) is 5.69 Å². The molecule has 3 aromatic rings. The third kappa shape index (κ3) is 5.78. The van der Waals surface area contributed by atoms with Gasteiger partial charge in [0.2, 0.25) is 5.91 Å². The molecule has 0 fully saturated rings. The van der Waals surface area contributed by atoms with Gasteiger partial charge in [0.15, 0.2) is 0 Å². The van der Waals surface area contributed by atoms with Crippen LogP contribution in [0.4, 0.5) is 4.39 Å². The van der Waals surface area contributed by atoms with Gasteiger partial charge in [-0.2, -0.15) is 5.10 Å². The molecule has 0 aliphatic rings. The van der Waals surface area contributed by atoms with Crippen LogP contribution in [0.25, 0.3) is 11.3 Å². The average Bonchev–Trinajstić information content (AvgIpc) is 3.17. The molecule has 0 saturated carbocycles. The maximum Gasteiger partial charge on any atom is 0.222 e. The predicted octanol–water partition coefficient (Wildman–Crippen LogP) is 4.63. The van der Waals surface area contributed by atoms with Crippen LogP contribution in [0.2, 0.25) is 0 Å². The van der Waals surface area contributed by atoms with E-state index in [1.54, 1.807) is 11.0 Å². The Morgan fingerprint density at radius 2 is 1.86 bits per heavy atom. The van der Waals surface area contributed by atoms with Crippen molar-refractivity contribution >= 4 is 5.91 Å². The van der Waals surface area contributed by atoms with Gasteiger partial charge in [-0.05, 0) is 49.4 Å². The molecule has 4 nitrogen and oxygen atoms in total. The first-order valence-corrected chi connectivity index (χ1v) is 9.70. The maximum absolute atomic E-state index is 13.3. The summed E-state index contributed by atoms with van der Waals surface area (Å²) in [5.41, 5.74) is 3.75. The van der Waals surface area contributed by atoms with Gasteiger partial charge in [-0.25, -0.2) is 4.39 Å². The second-order valence-electron chi connectivity index (χ2n) is 7.05. The van der Waals surface area contributed by atoms with Gasteiger partial charge in [0.25, 0.3) is 0 Å². The van der Waals surface area contributed by atoms with Crippen LogP contribution in [0.5, 0.6) is 0 Å². The molecule has 28 heavy (non-hydrogen) atoms. The minimum atomic E-state index is -0.269. The van der Waals surface area contributed by atoms with Gasteiger partial charge < -0.3 is 4.90 Å². The highest BCUT2D eigenvalue weighted by atomic mass is 19.1. The van der Waals surface area contributed by atoms with Crippen LogP contribution in [0.3, 0.4) is 0 Å². The summed E-state index contributed by atoms with van der Waals surface area (Å²) in [5.74, 6) is -0.0876. The number of nitrogens with zero attached hydrogens (tertiary/aromatic N) is 2. The summed E-state index contributed by atoms with van der Waals surface area (Å²) >= 11 is 0. The summed E-state index contributed by atoms with van der Waals surface area (Å²) in [5, 5.41) is 7.26. The number of hydrogen-bond donors (Lipinski definition) is 1. The van der Waals surface area contributed by atoms with Crippen molar-refractivity contribution in [2.75, 3.05) is 13.6 Å². The number of aromatic amines is 1. The number of H-pyrrole nitrogens is 1. The number of carbonyl (C=O) groups excluding carboxylic acids is 1. The fourth-order valence-electron chi connectivity index (χ4n) is 3.20. The number of amides is 1. The molecule has 146 valence electrons. The molecular formula is C23H26FN3O. The summed E-state index contributed by atoms with van der Waals surface area (Å²) < 4.78 is 13.3. The third-order valence-corrected chi connectivity index (χ3v) is 4.82. The van der Waals surface area contributed by atoms with Crippen molar-refractivity contribution in [2.45, 2.75) is 32.1 Å². The van der Waals surface area contributed by atoms with Crippen molar-refractivity contribution in [2.24, 2.45) is 0 Å². The summed E-state index contributed by atoms with van der Waals surface area (Å²) in [7, 11) is 1.86. The minimum absolute atomic E-state index is 0.181. The van der Waals surface area contributed by atoms with E-state index in [0.717, 1.165) is 42.6 Å². The highest BCUT2D eigenvalue weighted by Gasteiger charge is 2.09. The number of aryl methyl sites for hydroxylation is 2. The average molecular weight is 379 g/mol. The summed E-state index contributed by atoms with van der Waals surface area (Å²) in [4.78, 5) is 14.1. The zero-order chi connectivity index (χ0) is 19.8. The van der Waals surface area contributed by atoms with Gasteiger partial charge >= 0.3 is 0 Å². The van der Waals surface area contributed by atoms with E-state index in [9.17, 15) is 9.18 Å². The third-order valence-electron chi connectivity index (χ3n) is 4.82. The van der Waals surface area contributed by atoms with Gasteiger partial charge in [0.1, 0.15) is 5.82 Å². The standard InChI is InChI=1S/C23H26FN3O/c1-27(23(28)14-5-10-18-8-3-2-4-9-18)15-7-13-21-17-22(26-25-21)19-11-6-12-20(24)16-19/h2-4,6,8-9,11-12,16-17H,5,7,10,13-15H2,1H3,(H,25,26). The molecule has 0 aliphatic carbocycles. The monoisotopic (exact) mass is 379 g/mol. The Balaban J connectivity index is 1.39. The molecule has 3 rings (SSSR count). The second kappa shape index (κ2) is 9.83. The van der Waals surface area contributed by atoms with Crippen molar-refractivity contribution in [3.05, 3.63) is 77.7 Å². The van der Waals surface area contributed by atoms with Crippen LogP contribution in [-0.4, -0.2) is 34.6 Å². The molecule has 1 heterocycles. The van der Waals surface area contributed by atoms with E-state index in [2.05, 4.69) is 22.3 Å². The van der Waals surface area contributed by atoms with Gasteiger partial charge in [-0.1, -0.05) is 42.5 Å². The first-order valence-electron chi connectivity index (χ1n) is 9.70. The van der Waals surface area contributed by atoms with Crippen LogP contribution < -0.4 is 0 Å². The van der Waals surface area contributed by atoms with E-state index >= 15 is 0 Å². The second-order valence-corrected chi connectivity index (χ2v) is 7.05. The van der Waals surface area contributed by atoms with Crippen LogP contribution >= 0.6 is 0 Å². The lowest BCUT2D eigenvalue weighted by Gasteiger charge is -2.16. The predicted molar refractivity (Wildman–Crippen MR) is 109 cm³/mol. The zero-order valence-electron chi connectivity index (χ0n) is 16.2. The Kier molecular flexibility index (Phi) is 6.95. The molecule has 1 aromatic heterocycles. The SMILES string of the molecule is CN(CCCc1cc(-c2cccc(F)c2)n[nH]1)C(=O)CCCc1ccccc1. The molecule has 0 bridgehead atoms. The Hall–Kier alpha value is -2.95. The van der Waals surface area contributed by atoms with E-state index in [4.69, 9.17) is 0 Å². The largest absolute Gasteiger partial charge is 0.346 e. The van der Waals surface area contributed by atoms with Crippen LogP contribution in [-0.2, 0) is 17.6 Å². The lowest BCUT2D eigenvalue weighted by Crippen LogP contribution is -2.27. The van der Waals surface area contributed by atoms with E-state index in [1.807, 2.05) is 37.4 Å². The minimum Gasteiger partial charge on any atom is -0.346 e. The lowest BCUT2D eigenvalue weighted by atomic mass is 10.1. The number of benzene rings is 2. The molecule has 1 N–H and O–H groups in total. The Morgan fingerprint density at radius 3 is 2.64 bits per heavy atom. The number of halogens is 1. The van der Waals surface area contributed by atoms with Crippen LogP contribution in [0.1, 0.15) is 30.5 Å². The van der Waals surface area contributed by atoms with Crippen molar-refractivity contribution in [3.63, 3.8) is 0 Å². The number of nitrogens with one attached hydrogen (secondary N) is 1. The molecule has 0 atom stereocenters. The smallest absolute Gasteiger partial charge is 0.222 e. The van der Waals surface area contributed by atoms with Gasteiger partial charge in [0, 0.05) is 31.3 Å². The van der Waals surface area contributed by atoms with Gasteiger partial charge in [-0.15, -0.1) is 0 Å². The molecule has 5 heteroatoms. The van der Waals surface area contributed by atoms with Crippen molar-refractivity contribution in [1.29, 1.82) is 0 Å². The number of carbonyl (C=O) groups is 1. The summed E-state index contributed by atoms with van der Waals surface area (Å²) in [6.07, 6.45) is 4.01. The van der Waals surface area contributed by atoms with Crippen molar-refractivity contribution in [3.8, 4) is 11.3 Å². The summed E-state index contributed by atoms with van der Waals surface area (Å²) in [6.45, 7) is 0.707. The number of hydrogen-bond acceptors (Lipinski definition) is 2. The zero-order valence-corrected chi connectivity index (χ0v) is 16.2. The molecule has 0 saturated heterocycles. The molecule has 2 aromatic carbocycles. The number of aromatic nitrogens is 2. The van der Waals surface area contributed by atoms with E-state index in [1.165, 1.54) is 17.7 Å². The van der Waals surface area contributed by atoms with E-state index < -0.39 is 0 Å². The molecule has 0 radical (unpaired) electrons. The normalized spacial score (nSPS) is 10.8. The summed E-state index contributed by atoms with van der Waals surface area (Å²) in [6, 6.07) is 18.6. The maximum atomic E-state index is 13.3. The topological polar surface area (TPSA) is 49.0 Å². The van der Waals surface area contributed by atoms with Crippen LogP contribution in [0.15, 0.2) is 60.7 Å². The lowest BCUT2D eigenvalue weighted by molar-refractivity contribution is -0.130. The fourth-order valence-corrected chi connectivity index (χ4v) is 3.20. The van der Waals surface area contributed by atoms with Gasteiger partial charge in [-0.3, -0.25) is 9.89 Å². The first kappa shape index (κ1) is 19.8. The first-order chi connectivity index (χ1) is 13.6. The Morgan fingerprint density at radius 1 is 1.04 bits per heavy atom.